The van der Waals surface area contributed by atoms with Gasteiger partial charge in [-0.1, -0.05) is 29.8 Å². The number of hydrogen-bond donors (Lipinski definition) is 4. The van der Waals surface area contributed by atoms with Crippen molar-refractivity contribution < 1.29 is 4.79 Å². The van der Waals surface area contributed by atoms with Gasteiger partial charge in [-0.05, 0) is 51.1 Å². The lowest BCUT2D eigenvalue weighted by atomic mass is 9.90. The second-order valence-corrected chi connectivity index (χ2v) is 9.30. The van der Waals surface area contributed by atoms with E-state index < -0.39 is 0 Å². The highest BCUT2D eigenvalue weighted by molar-refractivity contribution is 6.33. The quantitative estimate of drug-likeness (QED) is 0.467. The van der Waals surface area contributed by atoms with Gasteiger partial charge in [0.2, 0.25) is 11.9 Å². The summed E-state index contributed by atoms with van der Waals surface area (Å²) in [5.41, 5.74) is 2.73. The maximum atomic E-state index is 12.6. The molecule has 4 N–H and O–H groups in total. The fraction of sp³-hybridized carbons (Fsp3) is 0.458. The number of benzene rings is 1. The lowest BCUT2D eigenvalue weighted by molar-refractivity contribution is -0.126. The number of aromatic amines is 1. The number of rotatable bonds is 5. The molecule has 3 heterocycles. The smallest absolute Gasteiger partial charge is 0.224 e. The first-order valence-electron chi connectivity index (χ1n) is 11.5. The topological polar surface area (TPSA) is 94.7 Å². The van der Waals surface area contributed by atoms with Crippen molar-refractivity contribution in [3.8, 4) is 11.3 Å². The van der Waals surface area contributed by atoms with Gasteiger partial charge < -0.3 is 20.9 Å². The highest BCUT2D eigenvalue weighted by Gasteiger charge is 2.27. The van der Waals surface area contributed by atoms with E-state index in [9.17, 15) is 4.79 Å². The Morgan fingerprint density at radius 3 is 2.88 bits per heavy atom. The van der Waals surface area contributed by atoms with Gasteiger partial charge in [-0.25, -0.2) is 9.97 Å². The SMILES string of the molecule is O=C(N[C@H]1CCC[C@@H](Nc2ncc(Cl)c(-c3c[nH]c4ccccc34)n2)C1)C1CCCNC1. The zero-order chi connectivity index (χ0) is 21.9. The van der Waals surface area contributed by atoms with E-state index in [4.69, 9.17) is 16.6 Å². The van der Waals surface area contributed by atoms with Crippen molar-refractivity contribution in [3.63, 3.8) is 0 Å². The standard InChI is InChI=1S/C24H29ClN6O/c25-20-14-28-24(31-22(20)19-13-27-21-9-2-1-8-18(19)21)30-17-7-3-6-16(11-17)29-23(32)15-5-4-10-26-12-15/h1-2,8-9,13-17,26-27H,3-7,10-12H2,(H,29,32)(H,28,30,31)/t15?,16-,17+/m0/s1. The number of H-pyrrole nitrogens is 1. The number of carbonyl (C=O) groups excluding carboxylic acids is 1. The van der Waals surface area contributed by atoms with E-state index in [1.807, 2.05) is 24.4 Å². The third-order valence-corrected chi connectivity index (χ3v) is 6.89. The molecule has 2 aliphatic rings. The number of para-hydroxylation sites is 1. The zero-order valence-corrected chi connectivity index (χ0v) is 18.8. The second-order valence-electron chi connectivity index (χ2n) is 8.89. The normalized spacial score (nSPS) is 23.7. The van der Waals surface area contributed by atoms with Gasteiger partial charge >= 0.3 is 0 Å². The summed E-state index contributed by atoms with van der Waals surface area (Å²) in [6.45, 7) is 1.80. The molecule has 1 aliphatic heterocycles. The van der Waals surface area contributed by atoms with Gasteiger partial charge in [0.05, 0.1) is 22.8 Å². The van der Waals surface area contributed by atoms with Crippen molar-refractivity contribution in [3.05, 3.63) is 41.7 Å². The zero-order valence-electron chi connectivity index (χ0n) is 18.0. The van der Waals surface area contributed by atoms with Crippen LogP contribution in [0.4, 0.5) is 5.95 Å². The molecule has 1 saturated carbocycles. The van der Waals surface area contributed by atoms with Crippen molar-refractivity contribution in [2.24, 2.45) is 5.92 Å². The van der Waals surface area contributed by atoms with Crippen molar-refractivity contribution in [2.45, 2.75) is 50.6 Å². The van der Waals surface area contributed by atoms with E-state index >= 15 is 0 Å². The summed E-state index contributed by atoms with van der Waals surface area (Å²) in [4.78, 5) is 25.1. The summed E-state index contributed by atoms with van der Waals surface area (Å²) >= 11 is 6.47. The van der Waals surface area contributed by atoms with Crippen LogP contribution in [-0.4, -0.2) is 46.0 Å². The minimum Gasteiger partial charge on any atom is -0.360 e. The first-order valence-corrected chi connectivity index (χ1v) is 11.9. The van der Waals surface area contributed by atoms with E-state index in [0.717, 1.165) is 68.1 Å². The molecule has 3 aromatic rings. The Hall–Kier alpha value is -2.64. The van der Waals surface area contributed by atoms with Crippen LogP contribution >= 0.6 is 11.6 Å². The van der Waals surface area contributed by atoms with Crippen LogP contribution in [0, 0.1) is 5.92 Å². The van der Waals surface area contributed by atoms with Crippen LogP contribution in [0.5, 0.6) is 0 Å². The molecular weight excluding hydrogens is 424 g/mol. The molecule has 5 rings (SSSR count). The number of piperidine rings is 1. The van der Waals surface area contributed by atoms with Crippen LogP contribution in [0.1, 0.15) is 38.5 Å². The van der Waals surface area contributed by atoms with E-state index in [0.29, 0.717) is 16.7 Å². The number of nitrogens with one attached hydrogen (secondary N) is 4. The summed E-state index contributed by atoms with van der Waals surface area (Å²) in [5.74, 6) is 0.853. The Morgan fingerprint density at radius 1 is 1.12 bits per heavy atom. The molecule has 32 heavy (non-hydrogen) atoms. The number of amides is 1. The molecule has 0 bridgehead atoms. The van der Waals surface area contributed by atoms with Crippen LogP contribution < -0.4 is 16.0 Å². The minimum atomic E-state index is 0.0930. The van der Waals surface area contributed by atoms with E-state index in [2.05, 4.69) is 32.0 Å². The molecule has 168 valence electrons. The summed E-state index contributed by atoms with van der Waals surface area (Å²) in [6.07, 6.45) is 9.63. The summed E-state index contributed by atoms with van der Waals surface area (Å²) < 4.78 is 0. The first-order chi connectivity index (χ1) is 15.7. The van der Waals surface area contributed by atoms with Crippen LogP contribution in [0.25, 0.3) is 22.2 Å². The number of carbonyl (C=O) groups is 1. The van der Waals surface area contributed by atoms with Gasteiger partial charge in [0, 0.05) is 41.3 Å². The maximum absolute atomic E-state index is 12.6. The van der Waals surface area contributed by atoms with Crippen molar-refractivity contribution in [1.29, 1.82) is 0 Å². The average Bonchev–Trinajstić information content (AvgIpc) is 3.25. The highest BCUT2D eigenvalue weighted by Crippen LogP contribution is 2.32. The molecule has 0 radical (unpaired) electrons. The highest BCUT2D eigenvalue weighted by atomic mass is 35.5. The number of hydrogen-bond acceptors (Lipinski definition) is 5. The Morgan fingerprint density at radius 2 is 2.00 bits per heavy atom. The number of fused-ring (bicyclic) bond motifs is 1. The van der Waals surface area contributed by atoms with Gasteiger partial charge in [-0.3, -0.25) is 4.79 Å². The summed E-state index contributed by atoms with van der Waals surface area (Å²) in [6, 6.07) is 8.51. The number of nitrogens with zero attached hydrogens (tertiary/aromatic N) is 2. The number of aromatic nitrogens is 3. The van der Waals surface area contributed by atoms with Crippen LogP contribution in [0.2, 0.25) is 5.02 Å². The Balaban J connectivity index is 1.27. The van der Waals surface area contributed by atoms with Gasteiger partial charge in [-0.2, -0.15) is 0 Å². The monoisotopic (exact) mass is 452 g/mol. The largest absolute Gasteiger partial charge is 0.360 e. The summed E-state index contributed by atoms with van der Waals surface area (Å²) in [7, 11) is 0. The van der Waals surface area contributed by atoms with E-state index in [1.165, 1.54) is 0 Å². The van der Waals surface area contributed by atoms with Crippen molar-refractivity contribution in [2.75, 3.05) is 18.4 Å². The maximum Gasteiger partial charge on any atom is 0.224 e. The molecule has 1 unspecified atom stereocenters. The lowest BCUT2D eigenvalue weighted by Crippen LogP contribution is -2.47. The van der Waals surface area contributed by atoms with Gasteiger partial charge in [0.25, 0.3) is 0 Å². The average molecular weight is 453 g/mol. The molecule has 8 heteroatoms. The predicted molar refractivity (Wildman–Crippen MR) is 128 cm³/mol. The van der Waals surface area contributed by atoms with Crippen molar-refractivity contribution in [1.82, 2.24) is 25.6 Å². The van der Waals surface area contributed by atoms with Gasteiger partial charge in [0.15, 0.2) is 0 Å². The van der Waals surface area contributed by atoms with Crippen LogP contribution in [0.15, 0.2) is 36.7 Å². The fourth-order valence-corrected chi connectivity index (χ4v) is 5.12. The molecule has 3 atom stereocenters. The molecule has 1 amide bonds. The molecule has 2 fully saturated rings. The van der Waals surface area contributed by atoms with Crippen LogP contribution in [-0.2, 0) is 4.79 Å². The molecule has 0 spiro atoms. The predicted octanol–water partition coefficient (Wildman–Crippen LogP) is 4.12. The van der Waals surface area contributed by atoms with E-state index in [1.54, 1.807) is 6.20 Å². The van der Waals surface area contributed by atoms with Gasteiger partial charge in [0.1, 0.15) is 0 Å². The molecular formula is C24H29ClN6O. The third-order valence-electron chi connectivity index (χ3n) is 6.61. The number of halogens is 1. The molecule has 1 aromatic carbocycles. The Bertz CT molecular complexity index is 1090. The Labute approximate surface area is 192 Å². The molecule has 2 aromatic heterocycles. The molecule has 7 nitrogen and oxygen atoms in total. The third kappa shape index (κ3) is 4.59. The minimum absolute atomic E-state index is 0.0930. The first kappa shape index (κ1) is 21.2. The van der Waals surface area contributed by atoms with Crippen LogP contribution in [0.3, 0.4) is 0 Å². The van der Waals surface area contributed by atoms with Gasteiger partial charge in [-0.15, -0.1) is 0 Å². The number of anilines is 1. The Kier molecular flexibility index (Phi) is 6.28. The van der Waals surface area contributed by atoms with E-state index in [-0.39, 0.29) is 23.9 Å². The molecule has 1 aliphatic carbocycles. The lowest BCUT2D eigenvalue weighted by Gasteiger charge is -2.32. The molecule has 1 saturated heterocycles. The fourth-order valence-electron chi connectivity index (χ4n) is 4.92. The van der Waals surface area contributed by atoms with Crippen molar-refractivity contribution >= 4 is 34.4 Å². The summed E-state index contributed by atoms with van der Waals surface area (Å²) in [5, 5.41) is 11.7. The second kappa shape index (κ2) is 9.46.